The summed E-state index contributed by atoms with van der Waals surface area (Å²) in [5.41, 5.74) is 18.0. The predicted molar refractivity (Wildman–Crippen MR) is 226 cm³/mol. The minimum atomic E-state index is 0.783. The van der Waals surface area contributed by atoms with Crippen molar-refractivity contribution >= 4 is 21.8 Å². The van der Waals surface area contributed by atoms with Gasteiger partial charge in [-0.05, 0) is 80.9 Å². The normalized spacial score (nSPS) is 11.6. The van der Waals surface area contributed by atoms with Crippen molar-refractivity contribution in [2.45, 2.75) is 0 Å². The predicted octanol–water partition coefficient (Wildman–Crippen LogP) is 13.2. The number of aromatic nitrogens is 4. The number of aromatic amines is 1. The van der Waals surface area contributed by atoms with Crippen LogP contribution in [0.1, 0.15) is 0 Å². The van der Waals surface area contributed by atoms with Crippen LogP contribution in [0.5, 0.6) is 0 Å². The molecule has 1 aliphatic rings. The summed E-state index contributed by atoms with van der Waals surface area (Å²) in [6.07, 6.45) is 0. The first-order chi connectivity index (χ1) is 27.2. The standard InChI is InChI=1S/C51H32N4/c1-4-12-32(13-5-1)35-22-24-36(25-23-35)39-30-48-46-28-37(33-14-6-2-7-15-33)26-44(52-46)42-20-10-18-40-41-19-11-21-43(51(41)55-50(40)42)45-27-38(34-16-8-3-9-17-34)29-47(53-45)49(31-39)54-48/h1-31,55H. The van der Waals surface area contributed by atoms with Gasteiger partial charge in [0.25, 0.3) is 0 Å². The molecule has 0 unspecified atom stereocenters. The maximum absolute atomic E-state index is 5.42. The van der Waals surface area contributed by atoms with E-state index in [2.05, 4.69) is 193 Å². The number of hydrogen-bond acceptors (Lipinski definition) is 3. The largest absolute Gasteiger partial charge is 0.353 e. The average Bonchev–Trinajstić information content (AvgIpc) is 3.66. The summed E-state index contributed by atoms with van der Waals surface area (Å²) in [7, 11) is 0. The quantitative estimate of drug-likeness (QED) is 0.199. The van der Waals surface area contributed by atoms with Gasteiger partial charge in [0.1, 0.15) is 0 Å². The van der Waals surface area contributed by atoms with Gasteiger partial charge in [0.05, 0.1) is 45.2 Å². The highest BCUT2D eigenvalue weighted by Crippen LogP contribution is 2.41. The second kappa shape index (κ2) is 12.6. The van der Waals surface area contributed by atoms with Gasteiger partial charge in [-0.25, -0.2) is 15.0 Å². The summed E-state index contributed by atoms with van der Waals surface area (Å²) >= 11 is 0. The van der Waals surface area contributed by atoms with Crippen LogP contribution in [0.25, 0.3) is 112 Å². The molecule has 0 spiro atoms. The van der Waals surface area contributed by atoms with E-state index >= 15 is 0 Å². The molecule has 0 saturated carbocycles. The second-order valence-corrected chi connectivity index (χ2v) is 14.1. The van der Waals surface area contributed by atoms with Gasteiger partial charge in [0, 0.05) is 21.9 Å². The third kappa shape index (κ3) is 5.43. The second-order valence-electron chi connectivity index (χ2n) is 14.1. The van der Waals surface area contributed by atoms with Crippen LogP contribution < -0.4 is 0 Å². The highest BCUT2D eigenvalue weighted by Gasteiger charge is 2.20. The summed E-state index contributed by atoms with van der Waals surface area (Å²) in [5.74, 6) is 0. The number of rotatable bonds is 4. The van der Waals surface area contributed by atoms with Crippen LogP contribution in [-0.4, -0.2) is 19.9 Å². The molecule has 6 aromatic carbocycles. The van der Waals surface area contributed by atoms with Crippen molar-refractivity contribution in [3.63, 3.8) is 0 Å². The first-order valence-electron chi connectivity index (χ1n) is 18.6. The van der Waals surface area contributed by atoms with Crippen molar-refractivity contribution in [1.82, 2.24) is 19.9 Å². The number of nitrogens with zero attached hydrogens (tertiary/aromatic N) is 3. The molecular weight excluding hydrogens is 669 g/mol. The lowest BCUT2D eigenvalue weighted by Crippen LogP contribution is -1.98. The molecule has 0 amide bonds. The first kappa shape index (κ1) is 31.1. The summed E-state index contributed by atoms with van der Waals surface area (Å²) in [6.45, 7) is 0. The van der Waals surface area contributed by atoms with Crippen molar-refractivity contribution in [1.29, 1.82) is 0 Å². The fraction of sp³-hybridized carbons (Fsp3) is 0. The highest BCUT2D eigenvalue weighted by molar-refractivity contribution is 6.15. The molecule has 55 heavy (non-hydrogen) atoms. The van der Waals surface area contributed by atoms with E-state index in [0.29, 0.717) is 0 Å². The van der Waals surface area contributed by atoms with E-state index in [1.165, 1.54) is 11.1 Å². The Labute approximate surface area is 318 Å². The number of fused-ring (bicyclic) bond motifs is 11. The first-order valence-corrected chi connectivity index (χ1v) is 18.6. The molecule has 0 saturated heterocycles. The van der Waals surface area contributed by atoms with Crippen LogP contribution in [0.15, 0.2) is 188 Å². The SMILES string of the molecule is c1ccc(-c2ccc(-c3cc4nc(c3)-c3cc(-c5ccccc5)cc(n3)-c3cccc5c3[nH]c3c(cccc35)-c3cc(-c5ccccc5)cc-4n3)cc2)cc1. The Hall–Kier alpha value is -7.43. The molecule has 4 heteroatoms. The van der Waals surface area contributed by atoms with Crippen LogP contribution in [-0.2, 0) is 0 Å². The van der Waals surface area contributed by atoms with Crippen molar-refractivity contribution in [3.8, 4) is 89.8 Å². The molecule has 1 N–H and O–H groups in total. The van der Waals surface area contributed by atoms with Gasteiger partial charge in [0.15, 0.2) is 0 Å². The lowest BCUT2D eigenvalue weighted by molar-refractivity contribution is 1.22. The van der Waals surface area contributed by atoms with Crippen molar-refractivity contribution < 1.29 is 0 Å². The smallest absolute Gasteiger partial charge is 0.0901 e. The molecule has 0 fully saturated rings. The van der Waals surface area contributed by atoms with E-state index in [4.69, 9.17) is 15.0 Å². The van der Waals surface area contributed by atoms with Gasteiger partial charge in [-0.1, -0.05) is 152 Å². The summed E-state index contributed by atoms with van der Waals surface area (Å²) in [6, 6.07) is 66.4. The Morgan fingerprint density at radius 3 is 0.964 bits per heavy atom. The van der Waals surface area contributed by atoms with E-state index < -0.39 is 0 Å². The molecule has 4 aromatic heterocycles. The van der Waals surface area contributed by atoms with Crippen molar-refractivity contribution in [2.75, 3.05) is 0 Å². The zero-order valence-corrected chi connectivity index (χ0v) is 29.7. The van der Waals surface area contributed by atoms with E-state index in [-0.39, 0.29) is 0 Å². The zero-order valence-electron chi connectivity index (χ0n) is 29.7. The highest BCUT2D eigenvalue weighted by atomic mass is 14.8. The monoisotopic (exact) mass is 700 g/mol. The molecule has 0 atom stereocenters. The summed E-state index contributed by atoms with van der Waals surface area (Å²) in [5, 5.41) is 2.30. The van der Waals surface area contributed by atoms with E-state index in [9.17, 15) is 0 Å². The lowest BCUT2D eigenvalue weighted by atomic mass is 9.97. The summed E-state index contributed by atoms with van der Waals surface area (Å²) < 4.78 is 0. The third-order valence-corrected chi connectivity index (χ3v) is 10.8. The number of para-hydroxylation sites is 2. The maximum Gasteiger partial charge on any atom is 0.0901 e. The van der Waals surface area contributed by atoms with Gasteiger partial charge in [-0.2, -0.15) is 0 Å². The van der Waals surface area contributed by atoms with Crippen LogP contribution in [0.2, 0.25) is 0 Å². The minimum absolute atomic E-state index is 0.783. The molecule has 256 valence electrons. The fourth-order valence-corrected chi connectivity index (χ4v) is 8.01. The van der Waals surface area contributed by atoms with Crippen molar-refractivity contribution in [2.24, 2.45) is 0 Å². The van der Waals surface area contributed by atoms with Crippen LogP contribution in [0.3, 0.4) is 0 Å². The number of nitrogens with one attached hydrogen (secondary N) is 1. The molecule has 10 aromatic rings. The van der Waals surface area contributed by atoms with Gasteiger partial charge >= 0.3 is 0 Å². The molecule has 0 radical (unpaired) electrons. The van der Waals surface area contributed by atoms with Gasteiger partial charge in [-0.3, -0.25) is 0 Å². The van der Waals surface area contributed by atoms with E-state index in [1.54, 1.807) is 0 Å². The maximum atomic E-state index is 5.42. The fourth-order valence-electron chi connectivity index (χ4n) is 8.01. The Balaban J connectivity index is 1.23. The molecule has 0 aliphatic carbocycles. The van der Waals surface area contributed by atoms with Gasteiger partial charge in [-0.15, -0.1) is 0 Å². The Morgan fingerprint density at radius 2 is 0.564 bits per heavy atom. The Bertz CT molecular complexity index is 2890. The van der Waals surface area contributed by atoms with Gasteiger partial charge < -0.3 is 4.98 Å². The topological polar surface area (TPSA) is 54.5 Å². The number of hydrogen-bond donors (Lipinski definition) is 1. The summed E-state index contributed by atoms with van der Waals surface area (Å²) in [4.78, 5) is 20.1. The Morgan fingerprint density at radius 1 is 0.255 bits per heavy atom. The number of pyridine rings is 3. The average molecular weight is 701 g/mol. The number of benzene rings is 6. The lowest BCUT2D eigenvalue weighted by Gasteiger charge is -2.15. The Kier molecular flexibility index (Phi) is 7.14. The van der Waals surface area contributed by atoms with E-state index in [0.717, 1.165) is 100 Å². The van der Waals surface area contributed by atoms with Gasteiger partial charge in [0.2, 0.25) is 0 Å². The third-order valence-electron chi connectivity index (χ3n) is 10.8. The van der Waals surface area contributed by atoms with Crippen LogP contribution >= 0.6 is 0 Å². The van der Waals surface area contributed by atoms with E-state index in [1.807, 2.05) is 0 Å². The molecular formula is C51H32N4. The molecule has 11 rings (SSSR count). The molecule has 4 nitrogen and oxygen atoms in total. The van der Waals surface area contributed by atoms with Crippen molar-refractivity contribution in [3.05, 3.63) is 188 Å². The molecule has 8 bridgehead atoms. The number of H-pyrrole nitrogens is 1. The zero-order chi connectivity index (χ0) is 36.3. The molecule has 5 heterocycles. The minimum Gasteiger partial charge on any atom is -0.353 e. The van der Waals surface area contributed by atoms with Crippen LogP contribution in [0.4, 0.5) is 0 Å². The molecule has 1 aliphatic heterocycles. The van der Waals surface area contributed by atoms with Crippen LogP contribution in [0, 0.1) is 0 Å².